The number of nitrogens with one attached hydrogen (secondary N) is 1. The fourth-order valence-corrected chi connectivity index (χ4v) is 3.25. The molecular weight excluding hydrogens is 300 g/mol. The Morgan fingerprint density at radius 1 is 1.27 bits per heavy atom. The van der Waals surface area contributed by atoms with E-state index in [0.717, 1.165) is 57.8 Å². The van der Waals surface area contributed by atoms with Crippen LogP contribution in [0, 0.1) is 0 Å². The first-order valence-corrected chi connectivity index (χ1v) is 7.95. The summed E-state index contributed by atoms with van der Waals surface area (Å²) in [5, 5.41) is 3.38. The summed E-state index contributed by atoms with van der Waals surface area (Å²) in [5.41, 5.74) is 1.00. The summed E-state index contributed by atoms with van der Waals surface area (Å²) < 4.78 is 0. The topological polar surface area (TPSA) is 48.5 Å². The number of halogens is 1. The van der Waals surface area contributed by atoms with Crippen LogP contribution in [0.5, 0.6) is 0 Å². The van der Waals surface area contributed by atoms with Crippen molar-refractivity contribution in [1.82, 2.24) is 20.1 Å². The van der Waals surface area contributed by atoms with Gasteiger partial charge in [-0.3, -0.25) is 14.7 Å². The van der Waals surface area contributed by atoms with Gasteiger partial charge in [0.25, 0.3) is 0 Å². The Hall–Kier alpha value is -1.17. The summed E-state index contributed by atoms with van der Waals surface area (Å²) in [5.74, 6) is 0.276. The number of aryl methyl sites for hydroxylation is 1. The van der Waals surface area contributed by atoms with Crippen molar-refractivity contribution < 1.29 is 4.79 Å². The lowest BCUT2D eigenvalue weighted by Gasteiger charge is -2.32. The number of piperazine rings is 1. The lowest BCUT2D eigenvalue weighted by Crippen LogP contribution is -2.49. The standard InChI is InChI=1S/C16H24N4O.ClH/c21-16(5-4-14-3-1-2-7-18-14)20-10-6-15(13-20)19-11-8-17-9-12-19;/h1-3,7,15,17H,4-6,8-13H2;1H. The van der Waals surface area contributed by atoms with Crippen LogP contribution in [0.25, 0.3) is 0 Å². The van der Waals surface area contributed by atoms with Gasteiger partial charge in [0.05, 0.1) is 0 Å². The van der Waals surface area contributed by atoms with Gasteiger partial charge in [0.15, 0.2) is 0 Å². The van der Waals surface area contributed by atoms with Crippen molar-refractivity contribution in [3.8, 4) is 0 Å². The predicted octanol–water partition coefficient (Wildman–Crippen LogP) is 0.942. The number of carbonyl (C=O) groups is 1. The Morgan fingerprint density at radius 3 is 2.82 bits per heavy atom. The largest absolute Gasteiger partial charge is 0.341 e. The van der Waals surface area contributed by atoms with Crippen molar-refractivity contribution in [3.05, 3.63) is 30.1 Å². The van der Waals surface area contributed by atoms with Crippen LogP contribution in [-0.2, 0) is 11.2 Å². The molecule has 1 aromatic rings. The third-order valence-corrected chi connectivity index (χ3v) is 4.51. The predicted molar refractivity (Wildman–Crippen MR) is 89.2 cm³/mol. The van der Waals surface area contributed by atoms with Gasteiger partial charge in [-0.15, -0.1) is 12.4 Å². The lowest BCUT2D eigenvalue weighted by molar-refractivity contribution is -0.130. The second-order valence-electron chi connectivity index (χ2n) is 5.89. The third kappa shape index (κ3) is 4.41. The van der Waals surface area contributed by atoms with Gasteiger partial charge in [0.2, 0.25) is 5.91 Å². The molecule has 3 rings (SSSR count). The van der Waals surface area contributed by atoms with Gasteiger partial charge in [-0.2, -0.15) is 0 Å². The number of hydrogen-bond acceptors (Lipinski definition) is 4. The quantitative estimate of drug-likeness (QED) is 0.895. The van der Waals surface area contributed by atoms with Gasteiger partial charge in [0, 0.05) is 63.6 Å². The molecule has 2 saturated heterocycles. The Morgan fingerprint density at radius 2 is 2.09 bits per heavy atom. The van der Waals surface area contributed by atoms with E-state index in [9.17, 15) is 4.79 Å². The van der Waals surface area contributed by atoms with E-state index >= 15 is 0 Å². The molecule has 3 heterocycles. The number of rotatable bonds is 4. The highest BCUT2D eigenvalue weighted by Gasteiger charge is 2.30. The van der Waals surface area contributed by atoms with Crippen LogP contribution >= 0.6 is 12.4 Å². The van der Waals surface area contributed by atoms with Gasteiger partial charge in [-0.05, 0) is 25.0 Å². The summed E-state index contributed by atoms with van der Waals surface area (Å²) in [7, 11) is 0. The maximum absolute atomic E-state index is 12.3. The highest BCUT2D eigenvalue weighted by molar-refractivity contribution is 5.85. The molecule has 2 fully saturated rings. The molecule has 1 aromatic heterocycles. The van der Waals surface area contributed by atoms with Crippen molar-refractivity contribution in [1.29, 1.82) is 0 Å². The van der Waals surface area contributed by atoms with Crippen molar-refractivity contribution in [2.75, 3.05) is 39.3 Å². The fourth-order valence-electron chi connectivity index (χ4n) is 3.25. The van der Waals surface area contributed by atoms with Crippen molar-refractivity contribution in [2.45, 2.75) is 25.3 Å². The molecule has 1 unspecified atom stereocenters. The van der Waals surface area contributed by atoms with E-state index in [-0.39, 0.29) is 18.3 Å². The second-order valence-corrected chi connectivity index (χ2v) is 5.89. The number of nitrogens with zero attached hydrogens (tertiary/aromatic N) is 3. The van der Waals surface area contributed by atoms with Gasteiger partial charge in [-0.1, -0.05) is 6.07 Å². The minimum absolute atomic E-state index is 0. The maximum atomic E-state index is 12.3. The third-order valence-electron chi connectivity index (χ3n) is 4.51. The smallest absolute Gasteiger partial charge is 0.223 e. The molecule has 2 aliphatic rings. The van der Waals surface area contributed by atoms with Gasteiger partial charge < -0.3 is 10.2 Å². The minimum Gasteiger partial charge on any atom is -0.341 e. The minimum atomic E-state index is 0. The van der Waals surface area contributed by atoms with Crippen LogP contribution in [0.3, 0.4) is 0 Å². The number of aromatic nitrogens is 1. The number of carbonyl (C=O) groups excluding carboxylic acids is 1. The Kier molecular flexibility index (Phi) is 6.61. The fraction of sp³-hybridized carbons (Fsp3) is 0.625. The summed E-state index contributed by atoms with van der Waals surface area (Å²) in [6.45, 7) is 6.19. The molecule has 0 spiro atoms. The van der Waals surface area contributed by atoms with E-state index in [4.69, 9.17) is 0 Å². The molecule has 122 valence electrons. The molecule has 1 N–H and O–H groups in total. The SMILES string of the molecule is Cl.O=C(CCc1ccccn1)N1CCC(N2CCNCC2)C1. The molecule has 6 heteroatoms. The molecule has 1 amide bonds. The van der Waals surface area contributed by atoms with Crippen LogP contribution in [0.1, 0.15) is 18.5 Å². The maximum Gasteiger partial charge on any atom is 0.223 e. The Labute approximate surface area is 138 Å². The van der Waals surface area contributed by atoms with Crippen LogP contribution in [-0.4, -0.2) is 66.0 Å². The number of pyridine rings is 1. The van der Waals surface area contributed by atoms with E-state index in [1.165, 1.54) is 0 Å². The van der Waals surface area contributed by atoms with E-state index in [1.807, 2.05) is 23.1 Å². The zero-order valence-corrected chi connectivity index (χ0v) is 13.7. The number of amides is 1. The summed E-state index contributed by atoms with van der Waals surface area (Å²) >= 11 is 0. The monoisotopic (exact) mass is 324 g/mol. The second kappa shape index (κ2) is 8.46. The normalized spacial score (nSPS) is 22.4. The molecule has 0 saturated carbocycles. The van der Waals surface area contributed by atoms with Crippen molar-refractivity contribution in [3.63, 3.8) is 0 Å². The molecule has 22 heavy (non-hydrogen) atoms. The highest BCUT2D eigenvalue weighted by atomic mass is 35.5. The van der Waals surface area contributed by atoms with Crippen LogP contribution in [0.2, 0.25) is 0 Å². The van der Waals surface area contributed by atoms with E-state index in [0.29, 0.717) is 12.5 Å². The zero-order chi connectivity index (χ0) is 14.5. The Bertz CT molecular complexity index is 464. The molecule has 0 radical (unpaired) electrons. The van der Waals surface area contributed by atoms with Gasteiger partial charge in [0.1, 0.15) is 0 Å². The molecule has 1 atom stereocenters. The van der Waals surface area contributed by atoms with Gasteiger partial charge >= 0.3 is 0 Å². The van der Waals surface area contributed by atoms with Gasteiger partial charge in [-0.25, -0.2) is 0 Å². The Balaban J connectivity index is 0.00000176. The average Bonchev–Trinajstić information content (AvgIpc) is 3.04. The molecule has 0 aliphatic carbocycles. The highest BCUT2D eigenvalue weighted by Crippen LogP contribution is 2.17. The summed E-state index contributed by atoms with van der Waals surface area (Å²) in [4.78, 5) is 21.2. The first kappa shape index (κ1) is 17.2. The van der Waals surface area contributed by atoms with Crippen LogP contribution in [0.15, 0.2) is 24.4 Å². The van der Waals surface area contributed by atoms with E-state index in [2.05, 4.69) is 15.2 Å². The van der Waals surface area contributed by atoms with E-state index in [1.54, 1.807) is 6.20 Å². The van der Waals surface area contributed by atoms with Crippen molar-refractivity contribution >= 4 is 18.3 Å². The molecule has 5 nitrogen and oxygen atoms in total. The van der Waals surface area contributed by atoms with Crippen molar-refractivity contribution in [2.24, 2.45) is 0 Å². The molecule has 0 aromatic carbocycles. The first-order valence-electron chi connectivity index (χ1n) is 7.95. The molecule has 2 aliphatic heterocycles. The summed E-state index contributed by atoms with van der Waals surface area (Å²) in [6, 6.07) is 6.43. The molecular formula is C16H25ClN4O. The van der Waals surface area contributed by atoms with Crippen LogP contribution in [0.4, 0.5) is 0 Å². The lowest BCUT2D eigenvalue weighted by atomic mass is 10.2. The zero-order valence-electron chi connectivity index (χ0n) is 12.9. The molecule has 0 bridgehead atoms. The van der Waals surface area contributed by atoms with Crippen LogP contribution < -0.4 is 5.32 Å². The number of hydrogen-bond donors (Lipinski definition) is 1. The first-order chi connectivity index (χ1) is 10.3. The number of likely N-dealkylation sites (tertiary alicyclic amines) is 1. The summed E-state index contributed by atoms with van der Waals surface area (Å²) in [6.07, 6.45) is 4.23. The average molecular weight is 325 g/mol. The van der Waals surface area contributed by atoms with E-state index < -0.39 is 0 Å².